The standard InChI is InChI=1S/C7H9N3O4S/c1-2-13-10-5(6(11)12)4-3-15-7(9-4)14-8/h3H,2,8H2,1H3,(H,11,12)/b10-5+. The third-order valence-corrected chi connectivity index (χ3v) is 2.04. The van der Waals surface area contributed by atoms with Crippen molar-refractivity contribution in [2.75, 3.05) is 6.61 Å². The Morgan fingerprint density at radius 2 is 2.53 bits per heavy atom. The van der Waals surface area contributed by atoms with Crippen molar-refractivity contribution in [3.63, 3.8) is 0 Å². The lowest BCUT2D eigenvalue weighted by atomic mass is 10.3. The zero-order chi connectivity index (χ0) is 11.3. The summed E-state index contributed by atoms with van der Waals surface area (Å²) in [5.41, 5.74) is -0.127. The number of hydrogen-bond donors (Lipinski definition) is 2. The SMILES string of the molecule is CCO/N=C(/C(=O)O)c1csc(ON)n1. The Hall–Kier alpha value is -1.67. The molecule has 1 aromatic rings. The Kier molecular flexibility index (Phi) is 4.01. The molecule has 0 spiro atoms. The number of thiazole rings is 1. The van der Waals surface area contributed by atoms with Crippen LogP contribution in [0.15, 0.2) is 10.5 Å². The number of nitrogens with two attached hydrogens (primary N) is 1. The number of nitrogens with zero attached hydrogens (tertiary/aromatic N) is 2. The third kappa shape index (κ3) is 2.89. The molecule has 8 heteroatoms. The predicted molar refractivity (Wildman–Crippen MR) is 52.7 cm³/mol. The Balaban J connectivity index is 2.94. The number of oxime groups is 1. The Morgan fingerprint density at radius 3 is 3.00 bits per heavy atom. The number of carboxylic acid groups (broad SMARTS) is 1. The van der Waals surface area contributed by atoms with E-state index < -0.39 is 5.97 Å². The maximum atomic E-state index is 10.8. The quantitative estimate of drug-likeness (QED) is 0.554. The van der Waals surface area contributed by atoms with Gasteiger partial charge >= 0.3 is 5.97 Å². The minimum absolute atomic E-state index is 0.154. The minimum Gasteiger partial charge on any atom is -0.476 e. The summed E-state index contributed by atoms with van der Waals surface area (Å²) in [6.07, 6.45) is 0. The molecule has 0 unspecified atom stereocenters. The summed E-state index contributed by atoms with van der Waals surface area (Å²) >= 11 is 1.07. The second-order valence-electron chi connectivity index (χ2n) is 2.28. The van der Waals surface area contributed by atoms with Crippen LogP contribution >= 0.6 is 11.3 Å². The highest BCUT2D eigenvalue weighted by atomic mass is 32.1. The highest BCUT2D eigenvalue weighted by Crippen LogP contribution is 2.17. The van der Waals surface area contributed by atoms with Gasteiger partial charge in [-0.1, -0.05) is 16.5 Å². The molecular formula is C7H9N3O4S. The lowest BCUT2D eigenvalue weighted by molar-refractivity contribution is -0.129. The van der Waals surface area contributed by atoms with Gasteiger partial charge in [-0.2, -0.15) is 10.9 Å². The van der Waals surface area contributed by atoms with E-state index in [9.17, 15) is 4.79 Å². The first-order valence-corrected chi connectivity index (χ1v) is 4.82. The molecule has 0 aliphatic heterocycles. The second-order valence-corrected chi connectivity index (χ2v) is 3.10. The molecule has 0 aliphatic rings. The smallest absolute Gasteiger partial charge is 0.360 e. The van der Waals surface area contributed by atoms with E-state index in [1.54, 1.807) is 6.92 Å². The molecule has 0 aromatic carbocycles. The van der Waals surface area contributed by atoms with Gasteiger partial charge in [-0.3, -0.25) is 0 Å². The molecule has 0 bridgehead atoms. The lowest BCUT2D eigenvalue weighted by Crippen LogP contribution is -2.15. The van der Waals surface area contributed by atoms with Gasteiger partial charge in [0, 0.05) is 5.38 Å². The zero-order valence-corrected chi connectivity index (χ0v) is 8.65. The highest BCUT2D eigenvalue weighted by Gasteiger charge is 2.17. The fourth-order valence-corrected chi connectivity index (χ4v) is 1.33. The first-order chi connectivity index (χ1) is 7.19. The first kappa shape index (κ1) is 11.4. The minimum atomic E-state index is -1.22. The van der Waals surface area contributed by atoms with Crippen LogP contribution in [0.5, 0.6) is 5.19 Å². The summed E-state index contributed by atoms with van der Waals surface area (Å²) in [4.78, 5) is 23.6. The maximum Gasteiger partial charge on any atom is 0.360 e. The second kappa shape index (κ2) is 5.27. The van der Waals surface area contributed by atoms with Gasteiger partial charge in [0.1, 0.15) is 12.3 Å². The maximum absolute atomic E-state index is 10.8. The zero-order valence-electron chi connectivity index (χ0n) is 7.84. The normalized spacial score (nSPS) is 11.2. The van der Waals surface area contributed by atoms with E-state index >= 15 is 0 Å². The summed E-state index contributed by atoms with van der Waals surface area (Å²) in [6.45, 7) is 1.97. The van der Waals surface area contributed by atoms with Crippen LogP contribution in [-0.4, -0.2) is 28.4 Å². The van der Waals surface area contributed by atoms with Crippen LogP contribution in [0.1, 0.15) is 12.6 Å². The molecular weight excluding hydrogens is 222 g/mol. The van der Waals surface area contributed by atoms with E-state index in [2.05, 4.69) is 19.8 Å². The van der Waals surface area contributed by atoms with E-state index in [-0.39, 0.29) is 23.2 Å². The third-order valence-electron chi connectivity index (χ3n) is 1.31. The molecule has 0 radical (unpaired) electrons. The van der Waals surface area contributed by atoms with E-state index in [0.717, 1.165) is 11.3 Å². The summed E-state index contributed by atoms with van der Waals surface area (Å²) in [7, 11) is 0. The number of hydrogen-bond acceptors (Lipinski definition) is 7. The van der Waals surface area contributed by atoms with Crippen molar-refractivity contribution >= 4 is 23.0 Å². The number of carboxylic acids is 1. The van der Waals surface area contributed by atoms with Crippen LogP contribution in [0.25, 0.3) is 0 Å². The molecule has 7 nitrogen and oxygen atoms in total. The summed E-state index contributed by atoms with van der Waals surface area (Å²) in [5, 5.41) is 13.9. The van der Waals surface area contributed by atoms with Gasteiger partial charge in [-0.15, -0.1) is 0 Å². The molecule has 1 heterocycles. The molecule has 0 amide bonds. The average Bonchev–Trinajstić information content (AvgIpc) is 2.66. The van der Waals surface area contributed by atoms with Crippen molar-refractivity contribution < 1.29 is 19.6 Å². The lowest BCUT2D eigenvalue weighted by Gasteiger charge is -1.96. The van der Waals surface area contributed by atoms with Gasteiger partial charge in [0.15, 0.2) is 0 Å². The van der Waals surface area contributed by atoms with Crippen molar-refractivity contribution in [1.29, 1.82) is 0 Å². The van der Waals surface area contributed by atoms with Crippen molar-refractivity contribution in [1.82, 2.24) is 4.98 Å². The number of carbonyl (C=O) groups is 1. The molecule has 0 saturated carbocycles. The number of aliphatic carboxylic acids is 1. The Morgan fingerprint density at radius 1 is 1.80 bits per heavy atom. The van der Waals surface area contributed by atoms with Crippen molar-refractivity contribution in [3.05, 3.63) is 11.1 Å². The van der Waals surface area contributed by atoms with Crippen LogP contribution in [0.3, 0.4) is 0 Å². The molecule has 0 fully saturated rings. The molecule has 1 rings (SSSR count). The average molecular weight is 231 g/mol. The van der Waals surface area contributed by atoms with Gasteiger partial charge in [-0.05, 0) is 6.92 Å². The topological polar surface area (TPSA) is 107 Å². The Bertz CT molecular complexity index is 376. The summed E-state index contributed by atoms with van der Waals surface area (Å²) in [5.74, 6) is 3.64. The van der Waals surface area contributed by atoms with Crippen molar-refractivity contribution in [2.24, 2.45) is 11.1 Å². The summed E-state index contributed by atoms with van der Waals surface area (Å²) in [6, 6.07) is 0. The van der Waals surface area contributed by atoms with Gasteiger partial charge in [0.2, 0.25) is 5.71 Å². The molecule has 0 aliphatic carbocycles. The van der Waals surface area contributed by atoms with E-state index in [0.29, 0.717) is 0 Å². The predicted octanol–water partition coefficient (Wildman–Crippen LogP) is 0.221. The molecule has 15 heavy (non-hydrogen) atoms. The fourth-order valence-electron chi connectivity index (χ4n) is 0.745. The molecule has 82 valence electrons. The number of aromatic nitrogens is 1. The Labute approximate surface area is 89.1 Å². The van der Waals surface area contributed by atoms with E-state index in [4.69, 9.17) is 11.0 Å². The van der Waals surface area contributed by atoms with E-state index in [1.165, 1.54) is 5.38 Å². The number of rotatable bonds is 5. The molecule has 1 aromatic heterocycles. The van der Waals surface area contributed by atoms with Crippen LogP contribution in [-0.2, 0) is 9.63 Å². The van der Waals surface area contributed by atoms with Gasteiger partial charge in [0.05, 0.1) is 0 Å². The van der Waals surface area contributed by atoms with Crippen LogP contribution in [0.2, 0.25) is 0 Å². The first-order valence-electron chi connectivity index (χ1n) is 3.95. The molecule has 3 N–H and O–H groups in total. The van der Waals surface area contributed by atoms with E-state index in [1.807, 2.05) is 0 Å². The highest BCUT2D eigenvalue weighted by molar-refractivity contribution is 7.11. The van der Waals surface area contributed by atoms with Crippen molar-refractivity contribution in [2.45, 2.75) is 6.92 Å². The van der Waals surface area contributed by atoms with Crippen LogP contribution in [0.4, 0.5) is 0 Å². The van der Waals surface area contributed by atoms with Crippen LogP contribution < -0.4 is 10.7 Å². The largest absolute Gasteiger partial charge is 0.476 e. The van der Waals surface area contributed by atoms with Gasteiger partial charge in [0.25, 0.3) is 5.19 Å². The molecule has 0 atom stereocenters. The summed E-state index contributed by atoms with van der Waals surface area (Å²) < 4.78 is 0. The van der Waals surface area contributed by atoms with Crippen LogP contribution in [0, 0.1) is 0 Å². The van der Waals surface area contributed by atoms with Crippen molar-refractivity contribution in [3.8, 4) is 5.19 Å². The molecule has 0 saturated heterocycles. The van der Waals surface area contributed by atoms with Gasteiger partial charge < -0.3 is 14.8 Å². The van der Waals surface area contributed by atoms with Gasteiger partial charge in [-0.25, -0.2) is 4.79 Å². The monoisotopic (exact) mass is 231 g/mol. The fraction of sp³-hybridized carbons (Fsp3) is 0.286.